The molecule has 0 aliphatic carbocycles. The molecule has 0 atom stereocenters. The number of hydrogen-bond donors (Lipinski definition) is 1. The maximum atomic E-state index is 11.3. The SMILES string of the molecule is COc1cc(S(=O)(=O)OC)ccc1N. The van der Waals surface area contributed by atoms with Gasteiger partial charge in [0.05, 0.1) is 24.8 Å². The molecular formula is C8H11NO4S. The summed E-state index contributed by atoms with van der Waals surface area (Å²) in [5.41, 5.74) is 5.90. The van der Waals surface area contributed by atoms with Crippen molar-refractivity contribution in [2.45, 2.75) is 4.90 Å². The first-order chi connectivity index (χ1) is 6.51. The summed E-state index contributed by atoms with van der Waals surface area (Å²) in [6.07, 6.45) is 0. The lowest BCUT2D eigenvalue weighted by Gasteiger charge is -2.06. The molecule has 0 unspecified atom stereocenters. The summed E-state index contributed by atoms with van der Waals surface area (Å²) in [5.74, 6) is 0.308. The topological polar surface area (TPSA) is 78.6 Å². The predicted molar refractivity (Wildman–Crippen MR) is 51.6 cm³/mol. The van der Waals surface area contributed by atoms with E-state index in [0.717, 1.165) is 7.11 Å². The van der Waals surface area contributed by atoms with Gasteiger partial charge in [-0.2, -0.15) is 8.42 Å². The van der Waals surface area contributed by atoms with E-state index in [1.165, 1.54) is 25.3 Å². The van der Waals surface area contributed by atoms with Crippen molar-refractivity contribution in [3.05, 3.63) is 18.2 Å². The van der Waals surface area contributed by atoms with Gasteiger partial charge in [0.25, 0.3) is 10.1 Å². The average Bonchev–Trinajstić information content (AvgIpc) is 2.18. The molecule has 0 fully saturated rings. The fraction of sp³-hybridized carbons (Fsp3) is 0.250. The Morgan fingerprint density at radius 3 is 2.43 bits per heavy atom. The van der Waals surface area contributed by atoms with Gasteiger partial charge in [0, 0.05) is 6.07 Å². The minimum atomic E-state index is -3.68. The number of anilines is 1. The number of nitrogens with two attached hydrogens (primary N) is 1. The van der Waals surface area contributed by atoms with Gasteiger partial charge < -0.3 is 10.5 Å². The lowest BCUT2D eigenvalue weighted by Crippen LogP contribution is -2.03. The third-order valence-electron chi connectivity index (χ3n) is 1.71. The fourth-order valence-corrected chi connectivity index (χ4v) is 1.62. The zero-order chi connectivity index (χ0) is 10.8. The Kier molecular flexibility index (Phi) is 2.97. The molecule has 14 heavy (non-hydrogen) atoms. The van der Waals surface area contributed by atoms with Crippen molar-refractivity contribution in [3.63, 3.8) is 0 Å². The van der Waals surface area contributed by atoms with Gasteiger partial charge in [0.2, 0.25) is 0 Å². The maximum absolute atomic E-state index is 11.3. The molecule has 2 N–H and O–H groups in total. The van der Waals surface area contributed by atoms with Gasteiger partial charge in [0.15, 0.2) is 0 Å². The number of ether oxygens (including phenoxy) is 1. The Bertz CT molecular complexity index is 427. The molecule has 0 saturated carbocycles. The van der Waals surface area contributed by atoms with Crippen molar-refractivity contribution < 1.29 is 17.3 Å². The molecule has 0 saturated heterocycles. The Morgan fingerprint density at radius 2 is 1.93 bits per heavy atom. The Balaban J connectivity index is 3.26. The second-order valence-electron chi connectivity index (χ2n) is 2.52. The van der Waals surface area contributed by atoms with E-state index in [0.29, 0.717) is 11.4 Å². The van der Waals surface area contributed by atoms with E-state index in [4.69, 9.17) is 10.5 Å². The van der Waals surface area contributed by atoms with Gasteiger partial charge >= 0.3 is 0 Å². The van der Waals surface area contributed by atoms with Crippen LogP contribution in [0.3, 0.4) is 0 Å². The fourth-order valence-electron chi connectivity index (χ4n) is 0.943. The summed E-state index contributed by atoms with van der Waals surface area (Å²) in [5, 5.41) is 0. The third kappa shape index (κ3) is 1.97. The lowest BCUT2D eigenvalue weighted by molar-refractivity contribution is 0.394. The van der Waals surface area contributed by atoms with Crippen molar-refractivity contribution in [3.8, 4) is 5.75 Å². The van der Waals surface area contributed by atoms with E-state index >= 15 is 0 Å². The van der Waals surface area contributed by atoms with Crippen LogP contribution in [0, 0.1) is 0 Å². The average molecular weight is 217 g/mol. The van der Waals surface area contributed by atoms with E-state index in [1.807, 2.05) is 0 Å². The van der Waals surface area contributed by atoms with Gasteiger partial charge in [-0.1, -0.05) is 0 Å². The standard InChI is InChI=1S/C8H11NO4S/c1-12-8-5-6(3-4-7(8)9)14(10,11)13-2/h3-5H,9H2,1-2H3. The van der Waals surface area contributed by atoms with Crippen LogP contribution in [0.15, 0.2) is 23.1 Å². The minimum absolute atomic E-state index is 0.0195. The molecule has 0 spiro atoms. The molecule has 5 nitrogen and oxygen atoms in total. The van der Waals surface area contributed by atoms with E-state index < -0.39 is 10.1 Å². The molecule has 0 aliphatic rings. The molecule has 1 rings (SSSR count). The first-order valence-corrected chi connectivity index (χ1v) is 5.16. The van der Waals surface area contributed by atoms with Gasteiger partial charge in [-0.05, 0) is 12.1 Å². The zero-order valence-electron chi connectivity index (χ0n) is 7.85. The molecule has 0 amide bonds. The highest BCUT2D eigenvalue weighted by atomic mass is 32.2. The summed E-state index contributed by atoms with van der Waals surface area (Å²) in [6.45, 7) is 0. The summed E-state index contributed by atoms with van der Waals surface area (Å²) < 4.78 is 31.7. The summed E-state index contributed by atoms with van der Waals surface area (Å²) >= 11 is 0. The number of rotatable bonds is 3. The van der Waals surface area contributed by atoms with Crippen LogP contribution in [-0.4, -0.2) is 22.6 Å². The first-order valence-electron chi connectivity index (χ1n) is 3.75. The Labute approximate surface area is 82.6 Å². The largest absolute Gasteiger partial charge is 0.495 e. The number of benzene rings is 1. The van der Waals surface area contributed by atoms with E-state index in [9.17, 15) is 8.42 Å². The summed E-state index contributed by atoms with van der Waals surface area (Å²) in [6, 6.07) is 4.12. The highest BCUT2D eigenvalue weighted by Crippen LogP contribution is 2.25. The van der Waals surface area contributed by atoms with Crippen molar-refractivity contribution in [2.75, 3.05) is 20.0 Å². The Hall–Kier alpha value is -1.27. The molecule has 78 valence electrons. The quantitative estimate of drug-likeness (QED) is 0.593. The van der Waals surface area contributed by atoms with Gasteiger partial charge in [0.1, 0.15) is 5.75 Å². The monoisotopic (exact) mass is 217 g/mol. The highest BCUT2D eigenvalue weighted by molar-refractivity contribution is 7.86. The summed E-state index contributed by atoms with van der Waals surface area (Å²) in [7, 11) is -1.18. The van der Waals surface area contributed by atoms with Crippen LogP contribution in [0.5, 0.6) is 5.75 Å². The van der Waals surface area contributed by atoms with Crippen LogP contribution in [0.1, 0.15) is 0 Å². The maximum Gasteiger partial charge on any atom is 0.296 e. The van der Waals surface area contributed by atoms with Crippen LogP contribution < -0.4 is 10.5 Å². The van der Waals surface area contributed by atoms with Gasteiger partial charge in [-0.25, -0.2) is 0 Å². The van der Waals surface area contributed by atoms with Crippen molar-refractivity contribution >= 4 is 15.8 Å². The zero-order valence-corrected chi connectivity index (χ0v) is 8.67. The number of nitrogen functional groups attached to an aromatic ring is 1. The second-order valence-corrected chi connectivity index (χ2v) is 4.24. The summed E-state index contributed by atoms with van der Waals surface area (Å²) in [4.78, 5) is 0.0195. The van der Waals surface area contributed by atoms with Crippen molar-refractivity contribution in [1.29, 1.82) is 0 Å². The van der Waals surface area contributed by atoms with Crippen LogP contribution in [0.25, 0.3) is 0 Å². The highest BCUT2D eigenvalue weighted by Gasteiger charge is 2.14. The Morgan fingerprint density at radius 1 is 1.29 bits per heavy atom. The van der Waals surface area contributed by atoms with E-state index in [1.54, 1.807) is 0 Å². The molecule has 0 radical (unpaired) electrons. The molecule has 1 aromatic rings. The van der Waals surface area contributed by atoms with Crippen LogP contribution >= 0.6 is 0 Å². The van der Waals surface area contributed by atoms with Crippen LogP contribution in [0.4, 0.5) is 5.69 Å². The number of hydrogen-bond acceptors (Lipinski definition) is 5. The van der Waals surface area contributed by atoms with Crippen molar-refractivity contribution in [1.82, 2.24) is 0 Å². The molecule has 1 aromatic carbocycles. The molecule has 0 aliphatic heterocycles. The molecule has 0 heterocycles. The molecule has 6 heteroatoms. The molecule has 0 bridgehead atoms. The number of methoxy groups -OCH3 is 1. The van der Waals surface area contributed by atoms with Crippen molar-refractivity contribution in [2.24, 2.45) is 0 Å². The van der Waals surface area contributed by atoms with Gasteiger partial charge in [-0.15, -0.1) is 0 Å². The lowest BCUT2D eigenvalue weighted by atomic mass is 10.3. The smallest absolute Gasteiger partial charge is 0.296 e. The predicted octanol–water partition coefficient (Wildman–Crippen LogP) is 0.613. The van der Waals surface area contributed by atoms with E-state index in [2.05, 4.69) is 4.18 Å². The van der Waals surface area contributed by atoms with Crippen LogP contribution in [0.2, 0.25) is 0 Å². The first kappa shape index (κ1) is 10.8. The molecular weight excluding hydrogens is 206 g/mol. The van der Waals surface area contributed by atoms with E-state index in [-0.39, 0.29) is 4.90 Å². The van der Waals surface area contributed by atoms with Gasteiger partial charge in [-0.3, -0.25) is 4.18 Å². The second kappa shape index (κ2) is 3.85. The third-order valence-corrected chi connectivity index (χ3v) is 2.98. The normalized spacial score (nSPS) is 11.3. The minimum Gasteiger partial charge on any atom is -0.495 e. The van der Waals surface area contributed by atoms with Crippen LogP contribution in [-0.2, 0) is 14.3 Å². The molecule has 0 aromatic heterocycles.